The minimum atomic E-state index is -0.229. The summed E-state index contributed by atoms with van der Waals surface area (Å²) in [4.78, 5) is 20.2. The van der Waals surface area contributed by atoms with E-state index in [9.17, 15) is 4.79 Å². The molecule has 28 heavy (non-hydrogen) atoms. The molecule has 0 N–H and O–H groups in total. The minimum absolute atomic E-state index is 0.0188. The van der Waals surface area contributed by atoms with E-state index in [2.05, 4.69) is 31.0 Å². The Balaban J connectivity index is 1.68. The molecule has 1 amide bonds. The van der Waals surface area contributed by atoms with Crippen LogP contribution in [0.3, 0.4) is 0 Å². The summed E-state index contributed by atoms with van der Waals surface area (Å²) in [5.41, 5.74) is 3.28. The van der Waals surface area contributed by atoms with Gasteiger partial charge >= 0.3 is 0 Å². The van der Waals surface area contributed by atoms with Crippen LogP contribution in [0.4, 0.5) is 0 Å². The van der Waals surface area contributed by atoms with Gasteiger partial charge in [-0.3, -0.25) is 4.79 Å². The van der Waals surface area contributed by atoms with Gasteiger partial charge < -0.3 is 14.0 Å². The van der Waals surface area contributed by atoms with Crippen LogP contribution >= 0.6 is 0 Å². The molecule has 1 fully saturated rings. The number of nitrogens with zero attached hydrogens (tertiary/aromatic N) is 3. The molecular formula is C23H27N3O2. The van der Waals surface area contributed by atoms with Gasteiger partial charge in [-0.15, -0.1) is 0 Å². The van der Waals surface area contributed by atoms with Crippen molar-refractivity contribution in [3.63, 3.8) is 0 Å². The van der Waals surface area contributed by atoms with Gasteiger partial charge in [0.25, 0.3) is 5.91 Å². The third kappa shape index (κ3) is 3.80. The second kappa shape index (κ2) is 7.40. The van der Waals surface area contributed by atoms with E-state index >= 15 is 0 Å². The van der Waals surface area contributed by atoms with Crippen molar-refractivity contribution in [1.82, 2.24) is 14.3 Å². The molecular weight excluding hydrogens is 350 g/mol. The highest BCUT2D eigenvalue weighted by Crippen LogP contribution is 2.29. The molecule has 0 saturated carbocycles. The Morgan fingerprint density at radius 3 is 2.75 bits per heavy atom. The van der Waals surface area contributed by atoms with E-state index in [0.717, 1.165) is 29.6 Å². The van der Waals surface area contributed by atoms with Crippen molar-refractivity contribution in [2.24, 2.45) is 0 Å². The van der Waals surface area contributed by atoms with Crippen molar-refractivity contribution < 1.29 is 9.53 Å². The molecule has 146 valence electrons. The van der Waals surface area contributed by atoms with Crippen molar-refractivity contribution in [3.05, 3.63) is 71.7 Å². The molecule has 5 heteroatoms. The van der Waals surface area contributed by atoms with Crippen LogP contribution in [0.25, 0.3) is 5.65 Å². The molecule has 4 rings (SSSR count). The highest BCUT2D eigenvalue weighted by atomic mass is 16.5. The molecule has 5 nitrogen and oxygen atoms in total. The molecule has 3 aromatic rings. The molecule has 3 heterocycles. The van der Waals surface area contributed by atoms with Gasteiger partial charge in [-0.05, 0) is 50.8 Å². The highest BCUT2D eigenvalue weighted by molar-refractivity contribution is 5.93. The Morgan fingerprint density at radius 2 is 2.04 bits per heavy atom. The van der Waals surface area contributed by atoms with Gasteiger partial charge in [-0.25, -0.2) is 4.98 Å². The largest absolute Gasteiger partial charge is 0.375 e. The number of hydrogen-bond donors (Lipinski definition) is 0. The summed E-state index contributed by atoms with van der Waals surface area (Å²) in [5.74, 6) is -0.0188. The molecule has 1 unspecified atom stereocenters. The van der Waals surface area contributed by atoms with Crippen molar-refractivity contribution in [3.8, 4) is 0 Å². The van der Waals surface area contributed by atoms with E-state index in [1.807, 2.05) is 58.9 Å². The number of benzene rings is 1. The summed E-state index contributed by atoms with van der Waals surface area (Å²) in [6, 6.07) is 14.3. The Morgan fingerprint density at radius 1 is 1.25 bits per heavy atom. The summed E-state index contributed by atoms with van der Waals surface area (Å²) in [6.45, 7) is 7.45. The standard InChI is InChI=1S/C23H27N3O2/c1-17-8-7-12-25-16-20(24-21(17)25)22(27)26(15-18-9-5-4-6-10-18)19-11-13-28-23(2,3)14-19/h4-10,12,16,19H,11,13-15H2,1-3H3. The quantitative estimate of drug-likeness (QED) is 0.683. The Hall–Kier alpha value is -2.66. The molecule has 1 atom stereocenters. The Kier molecular flexibility index (Phi) is 4.94. The van der Waals surface area contributed by atoms with E-state index in [-0.39, 0.29) is 17.6 Å². The third-order valence-electron chi connectivity index (χ3n) is 5.47. The maximum Gasteiger partial charge on any atom is 0.274 e. The molecule has 0 bridgehead atoms. The van der Waals surface area contributed by atoms with E-state index in [0.29, 0.717) is 18.8 Å². The van der Waals surface area contributed by atoms with Crippen molar-refractivity contribution in [2.75, 3.05) is 6.61 Å². The van der Waals surface area contributed by atoms with Crippen LogP contribution in [0, 0.1) is 6.92 Å². The number of fused-ring (bicyclic) bond motifs is 1. The van der Waals surface area contributed by atoms with Gasteiger partial charge in [0.1, 0.15) is 11.3 Å². The zero-order chi connectivity index (χ0) is 19.7. The van der Waals surface area contributed by atoms with E-state index < -0.39 is 0 Å². The van der Waals surface area contributed by atoms with Crippen LogP contribution < -0.4 is 0 Å². The summed E-state index contributed by atoms with van der Waals surface area (Å²) in [6.07, 6.45) is 5.44. The first kappa shape index (κ1) is 18.7. The number of pyridine rings is 1. The fraction of sp³-hybridized carbons (Fsp3) is 0.391. The number of aryl methyl sites for hydroxylation is 1. The predicted molar refractivity (Wildman–Crippen MR) is 109 cm³/mol. The summed E-state index contributed by atoms with van der Waals surface area (Å²) in [5, 5.41) is 0. The van der Waals surface area contributed by atoms with Crippen molar-refractivity contribution >= 4 is 11.6 Å². The fourth-order valence-electron chi connectivity index (χ4n) is 4.02. The maximum absolute atomic E-state index is 13.5. The lowest BCUT2D eigenvalue weighted by Crippen LogP contribution is -2.48. The van der Waals surface area contributed by atoms with Crippen LogP contribution in [-0.4, -0.2) is 38.4 Å². The smallest absolute Gasteiger partial charge is 0.274 e. The first-order valence-electron chi connectivity index (χ1n) is 9.86. The lowest BCUT2D eigenvalue weighted by molar-refractivity contribution is -0.0792. The number of aromatic nitrogens is 2. The first-order chi connectivity index (χ1) is 13.4. The van der Waals surface area contributed by atoms with Crippen molar-refractivity contribution in [2.45, 2.75) is 51.8 Å². The third-order valence-corrected chi connectivity index (χ3v) is 5.47. The summed E-state index contributed by atoms with van der Waals surface area (Å²) < 4.78 is 7.82. The minimum Gasteiger partial charge on any atom is -0.375 e. The highest BCUT2D eigenvalue weighted by Gasteiger charge is 2.35. The molecule has 2 aromatic heterocycles. The second-order valence-corrected chi connectivity index (χ2v) is 8.22. The van der Waals surface area contributed by atoms with E-state index in [1.165, 1.54) is 0 Å². The van der Waals surface area contributed by atoms with Gasteiger partial charge in [-0.2, -0.15) is 0 Å². The van der Waals surface area contributed by atoms with E-state index in [4.69, 9.17) is 4.74 Å². The lowest BCUT2D eigenvalue weighted by Gasteiger charge is -2.41. The Bertz CT molecular complexity index is 978. The zero-order valence-electron chi connectivity index (χ0n) is 16.8. The van der Waals surface area contributed by atoms with Crippen LogP contribution in [-0.2, 0) is 11.3 Å². The van der Waals surface area contributed by atoms with Crippen LogP contribution in [0.2, 0.25) is 0 Å². The van der Waals surface area contributed by atoms with Gasteiger partial charge in [-0.1, -0.05) is 36.4 Å². The van der Waals surface area contributed by atoms with Crippen LogP contribution in [0.15, 0.2) is 54.9 Å². The number of carbonyl (C=O) groups excluding carboxylic acids is 1. The summed E-state index contributed by atoms with van der Waals surface area (Å²) in [7, 11) is 0. The molecule has 0 radical (unpaired) electrons. The number of rotatable bonds is 4. The monoisotopic (exact) mass is 377 g/mol. The van der Waals surface area contributed by atoms with Crippen molar-refractivity contribution in [1.29, 1.82) is 0 Å². The van der Waals surface area contributed by atoms with Gasteiger partial charge in [0.05, 0.1) is 5.60 Å². The summed E-state index contributed by atoms with van der Waals surface area (Å²) >= 11 is 0. The first-order valence-corrected chi connectivity index (χ1v) is 9.86. The normalized spacial score (nSPS) is 18.9. The maximum atomic E-state index is 13.5. The van der Waals surface area contributed by atoms with Gasteiger partial charge in [0.15, 0.2) is 0 Å². The molecule has 1 aliphatic rings. The topological polar surface area (TPSA) is 46.8 Å². The molecule has 1 saturated heterocycles. The SMILES string of the molecule is Cc1cccn2cc(C(=O)N(Cc3ccccc3)C3CCOC(C)(C)C3)nc12. The average Bonchev–Trinajstić information content (AvgIpc) is 3.11. The van der Waals surface area contributed by atoms with E-state index in [1.54, 1.807) is 0 Å². The number of imidazole rings is 1. The van der Waals surface area contributed by atoms with Gasteiger partial charge in [0, 0.05) is 31.6 Å². The second-order valence-electron chi connectivity index (χ2n) is 8.22. The molecule has 0 aliphatic carbocycles. The Labute approximate surface area is 166 Å². The zero-order valence-corrected chi connectivity index (χ0v) is 16.8. The number of carbonyl (C=O) groups is 1. The number of ether oxygens (including phenoxy) is 1. The molecule has 0 spiro atoms. The van der Waals surface area contributed by atoms with Gasteiger partial charge in [0.2, 0.25) is 0 Å². The molecule has 1 aromatic carbocycles. The predicted octanol–water partition coefficient (Wildman–Crippen LogP) is 4.24. The fourth-order valence-corrected chi connectivity index (χ4v) is 4.02. The number of amides is 1. The lowest BCUT2D eigenvalue weighted by atomic mass is 9.92. The average molecular weight is 377 g/mol. The molecule has 1 aliphatic heterocycles. The number of hydrogen-bond acceptors (Lipinski definition) is 3. The van der Waals surface area contributed by atoms with Crippen LogP contribution in [0.5, 0.6) is 0 Å². The van der Waals surface area contributed by atoms with Crippen LogP contribution in [0.1, 0.15) is 48.3 Å².